The summed E-state index contributed by atoms with van der Waals surface area (Å²) in [5.74, 6) is 0.119. The second kappa shape index (κ2) is 7.92. The van der Waals surface area contributed by atoms with Gasteiger partial charge in [-0.3, -0.25) is 9.79 Å². The molecule has 22 heavy (non-hydrogen) atoms. The largest absolute Gasteiger partial charge is 0.512 e. The van der Waals surface area contributed by atoms with E-state index in [1.165, 1.54) is 6.21 Å². The average Bonchev–Trinajstić information content (AvgIpc) is 2.40. The van der Waals surface area contributed by atoms with E-state index in [-0.39, 0.29) is 17.0 Å². The van der Waals surface area contributed by atoms with Crippen LogP contribution in [-0.4, -0.2) is 17.1 Å². The van der Waals surface area contributed by atoms with E-state index < -0.39 is 0 Å². The van der Waals surface area contributed by atoms with Crippen LogP contribution in [0.1, 0.15) is 53.4 Å². The van der Waals surface area contributed by atoms with Crippen molar-refractivity contribution in [3.63, 3.8) is 0 Å². The third-order valence-corrected chi connectivity index (χ3v) is 3.69. The zero-order valence-electron chi connectivity index (χ0n) is 14.1. The predicted octanol–water partition coefficient (Wildman–Crippen LogP) is 5.07. The lowest BCUT2D eigenvalue weighted by molar-refractivity contribution is -0.117. The Morgan fingerprint density at radius 2 is 2.05 bits per heavy atom. The van der Waals surface area contributed by atoms with Gasteiger partial charge in [-0.15, -0.1) is 0 Å². The highest BCUT2D eigenvalue weighted by Crippen LogP contribution is 2.32. The minimum atomic E-state index is -0.0368. The fourth-order valence-electron chi connectivity index (χ4n) is 2.38. The molecule has 0 atom stereocenters. The summed E-state index contributed by atoms with van der Waals surface area (Å²) < 4.78 is 0. The van der Waals surface area contributed by atoms with E-state index in [2.05, 4.69) is 25.4 Å². The van der Waals surface area contributed by atoms with Crippen LogP contribution in [0.2, 0.25) is 0 Å². The summed E-state index contributed by atoms with van der Waals surface area (Å²) in [6.45, 7) is 11.8. The standard InChI is InChI=1S/C19H27NO2/c1-6-15(10-9-14(2)3)20-13-16-17(21)8-7-11-19(4,5)12-18(16)22/h6,9-10,13,21H,2,7-8,11-12H2,1,3-5H3/b10-9-,15-6+,17-16?,20-13?. The molecule has 0 radical (unpaired) electrons. The first kappa shape index (κ1) is 18.1. The number of rotatable bonds is 4. The van der Waals surface area contributed by atoms with Crippen molar-refractivity contribution in [3.05, 3.63) is 47.4 Å². The summed E-state index contributed by atoms with van der Waals surface area (Å²) in [7, 11) is 0. The maximum Gasteiger partial charge on any atom is 0.168 e. The van der Waals surface area contributed by atoms with Crippen molar-refractivity contribution in [1.29, 1.82) is 0 Å². The van der Waals surface area contributed by atoms with Crippen molar-refractivity contribution in [2.45, 2.75) is 53.4 Å². The van der Waals surface area contributed by atoms with E-state index in [0.29, 0.717) is 18.4 Å². The van der Waals surface area contributed by atoms with Crippen LogP contribution in [0.3, 0.4) is 0 Å². The summed E-state index contributed by atoms with van der Waals surface area (Å²) in [4.78, 5) is 16.7. The number of aliphatic imine (C=N–C) groups is 1. The van der Waals surface area contributed by atoms with Crippen LogP contribution in [-0.2, 0) is 4.79 Å². The molecule has 0 amide bonds. The monoisotopic (exact) mass is 301 g/mol. The minimum Gasteiger partial charge on any atom is -0.512 e. The van der Waals surface area contributed by atoms with Gasteiger partial charge < -0.3 is 5.11 Å². The zero-order valence-corrected chi connectivity index (χ0v) is 14.1. The molecule has 120 valence electrons. The van der Waals surface area contributed by atoms with Gasteiger partial charge in [0.15, 0.2) is 5.78 Å². The molecule has 0 aromatic heterocycles. The lowest BCUT2D eigenvalue weighted by atomic mass is 9.79. The van der Waals surface area contributed by atoms with E-state index in [9.17, 15) is 9.90 Å². The van der Waals surface area contributed by atoms with Crippen LogP contribution in [0.4, 0.5) is 0 Å². The van der Waals surface area contributed by atoms with Gasteiger partial charge in [0.25, 0.3) is 0 Å². The number of hydrogen-bond acceptors (Lipinski definition) is 3. The molecular formula is C19H27NO2. The molecule has 3 nitrogen and oxygen atoms in total. The van der Waals surface area contributed by atoms with Gasteiger partial charge in [0.2, 0.25) is 0 Å². The third kappa shape index (κ3) is 5.84. The summed E-state index contributed by atoms with van der Waals surface area (Å²) in [5.41, 5.74) is 1.98. The van der Waals surface area contributed by atoms with Crippen molar-refractivity contribution in [3.8, 4) is 0 Å². The second-order valence-electron chi connectivity index (χ2n) is 6.63. The van der Waals surface area contributed by atoms with Gasteiger partial charge in [0, 0.05) is 19.1 Å². The summed E-state index contributed by atoms with van der Waals surface area (Å²) in [6.07, 6.45) is 9.85. The predicted molar refractivity (Wildman–Crippen MR) is 93.1 cm³/mol. The number of carbonyl (C=O) groups is 1. The number of carbonyl (C=O) groups excluding carboxylic acids is 1. The van der Waals surface area contributed by atoms with Gasteiger partial charge >= 0.3 is 0 Å². The first-order chi connectivity index (χ1) is 10.2. The van der Waals surface area contributed by atoms with Crippen LogP contribution in [0.15, 0.2) is 52.4 Å². The molecule has 0 aliphatic heterocycles. The molecule has 0 saturated carbocycles. The number of aliphatic hydroxyl groups excluding tert-OH is 1. The lowest BCUT2D eigenvalue weighted by Gasteiger charge is -2.26. The van der Waals surface area contributed by atoms with Crippen LogP contribution in [0.25, 0.3) is 0 Å². The van der Waals surface area contributed by atoms with E-state index in [4.69, 9.17) is 0 Å². The Balaban J connectivity index is 3.01. The molecule has 0 saturated heterocycles. The Morgan fingerprint density at radius 3 is 2.64 bits per heavy atom. The molecule has 0 spiro atoms. The maximum absolute atomic E-state index is 12.4. The van der Waals surface area contributed by atoms with Crippen LogP contribution in [0.5, 0.6) is 0 Å². The zero-order chi connectivity index (χ0) is 16.8. The van der Waals surface area contributed by atoms with Gasteiger partial charge in [-0.1, -0.05) is 38.2 Å². The fourth-order valence-corrected chi connectivity index (χ4v) is 2.38. The Bertz CT molecular complexity index is 560. The molecule has 1 rings (SSSR count). The normalized spacial score (nSPS) is 20.5. The third-order valence-electron chi connectivity index (χ3n) is 3.69. The Morgan fingerprint density at radius 1 is 1.36 bits per heavy atom. The molecular weight excluding hydrogens is 274 g/mol. The first-order valence-corrected chi connectivity index (χ1v) is 7.74. The van der Waals surface area contributed by atoms with Gasteiger partial charge in [0.05, 0.1) is 11.3 Å². The summed E-state index contributed by atoms with van der Waals surface area (Å²) >= 11 is 0. The summed E-state index contributed by atoms with van der Waals surface area (Å²) in [6, 6.07) is 0. The molecule has 0 heterocycles. The molecule has 0 unspecified atom stereocenters. The van der Waals surface area contributed by atoms with E-state index in [1.807, 2.05) is 32.1 Å². The molecule has 1 aliphatic carbocycles. The number of nitrogens with zero attached hydrogens (tertiary/aromatic N) is 1. The van der Waals surface area contributed by atoms with Crippen LogP contribution >= 0.6 is 0 Å². The average molecular weight is 301 g/mol. The topological polar surface area (TPSA) is 49.7 Å². The highest BCUT2D eigenvalue weighted by Gasteiger charge is 2.27. The van der Waals surface area contributed by atoms with E-state index in [0.717, 1.165) is 24.1 Å². The molecule has 0 fully saturated rings. The Kier molecular flexibility index (Phi) is 6.54. The second-order valence-corrected chi connectivity index (χ2v) is 6.63. The van der Waals surface area contributed by atoms with Crippen molar-refractivity contribution in [2.24, 2.45) is 10.4 Å². The van der Waals surface area contributed by atoms with Crippen molar-refractivity contribution in [1.82, 2.24) is 0 Å². The van der Waals surface area contributed by atoms with Gasteiger partial charge in [-0.05, 0) is 38.2 Å². The molecule has 3 heteroatoms. The quantitative estimate of drug-likeness (QED) is 0.582. The van der Waals surface area contributed by atoms with E-state index >= 15 is 0 Å². The fraction of sp³-hybridized carbons (Fsp3) is 0.474. The number of ketones is 1. The molecule has 0 aromatic rings. The van der Waals surface area contributed by atoms with Gasteiger partial charge in [0.1, 0.15) is 5.76 Å². The van der Waals surface area contributed by atoms with Crippen molar-refractivity contribution in [2.75, 3.05) is 0 Å². The van der Waals surface area contributed by atoms with Gasteiger partial charge in [-0.2, -0.15) is 0 Å². The number of hydrogen-bond donors (Lipinski definition) is 1. The van der Waals surface area contributed by atoms with E-state index in [1.54, 1.807) is 0 Å². The van der Waals surface area contributed by atoms with Crippen molar-refractivity contribution >= 4 is 12.0 Å². The van der Waals surface area contributed by atoms with Crippen molar-refractivity contribution < 1.29 is 9.90 Å². The molecule has 0 aromatic carbocycles. The molecule has 0 bridgehead atoms. The molecule has 1 N–H and O–H groups in total. The van der Waals surface area contributed by atoms with Gasteiger partial charge in [-0.25, -0.2) is 0 Å². The number of allylic oxidation sites excluding steroid dienone is 6. The highest BCUT2D eigenvalue weighted by atomic mass is 16.3. The number of Topliss-reactive ketones (excluding diaryl/α,β-unsaturated/α-hetero) is 1. The SMILES string of the molecule is C=C(C)/C=C\C(=C/C)N=CC1=C(O)CCCC(C)(C)CC1=O. The Hall–Kier alpha value is -1.90. The lowest BCUT2D eigenvalue weighted by Crippen LogP contribution is -2.22. The van der Waals surface area contributed by atoms with Crippen LogP contribution in [0, 0.1) is 5.41 Å². The first-order valence-electron chi connectivity index (χ1n) is 7.74. The minimum absolute atomic E-state index is 0.0276. The smallest absolute Gasteiger partial charge is 0.168 e. The maximum atomic E-state index is 12.4. The van der Waals surface area contributed by atoms with Crippen LogP contribution < -0.4 is 0 Å². The molecule has 1 aliphatic rings. The summed E-state index contributed by atoms with van der Waals surface area (Å²) in [5, 5.41) is 10.1. The number of aliphatic hydroxyl groups is 1. The Labute approximate surface area is 133 Å². The highest BCUT2D eigenvalue weighted by molar-refractivity contribution is 6.14.